The number of phenols is 4. The number of benzene rings is 15. The number of phenolic OH excluding ortho intramolecular Hbond substituents is 4. The van der Waals surface area contributed by atoms with Crippen LogP contribution in [0.15, 0.2) is 397 Å². The summed E-state index contributed by atoms with van der Waals surface area (Å²) in [6.45, 7) is 0. The number of fused-ring (bicyclic) bond motifs is 1. The number of H-pyrrole nitrogens is 4. The van der Waals surface area contributed by atoms with Crippen LogP contribution in [0.2, 0.25) is 0 Å². The first-order valence-corrected chi connectivity index (χ1v) is 38.6. The number of aromatic hydroxyl groups is 4. The van der Waals surface area contributed by atoms with Crippen molar-refractivity contribution in [2.45, 2.75) is 0 Å². The number of aromatic amines is 4. The van der Waals surface area contributed by atoms with Gasteiger partial charge in [-0.2, -0.15) is 0 Å². The Morgan fingerprint density at radius 2 is 0.482 bits per heavy atom. The van der Waals surface area contributed by atoms with Gasteiger partial charge < -0.3 is 40.4 Å². The zero-order valence-electron chi connectivity index (χ0n) is 61.3. The highest BCUT2D eigenvalue weighted by Crippen LogP contribution is 2.42. The summed E-state index contributed by atoms with van der Waals surface area (Å²) in [6, 6.07) is 128. The number of nitrogens with one attached hydrogen (secondary N) is 4. The zero-order valence-corrected chi connectivity index (χ0v) is 64.5. The molecule has 0 aliphatic heterocycles. The largest absolute Gasteiger partial charge is 0.508 e. The van der Waals surface area contributed by atoms with Gasteiger partial charge in [0.05, 0.1) is 45.6 Å². The molecule has 0 aliphatic rings. The van der Waals surface area contributed by atoms with Crippen molar-refractivity contribution in [3.63, 3.8) is 0 Å². The van der Waals surface area contributed by atoms with Gasteiger partial charge in [0.2, 0.25) is 0 Å². The van der Waals surface area contributed by atoms with Crippen LogP contribution in [-0.4, -0.2) is 60.3 Å². The molecule has 550 valence electrons. The molecule has 8 N–H and O–H groups in total. The average Bonchev–Trinajstić information content (AvgIpc) is 1.64. The maximum Gasteiger partial charge on any atom is 0.138 e. The Labute approximate surface area is 676 Å². The molecule has 0 saturated heterocycles. The zero-order chi connectivity index (χ0) is 77.7. The van der Waals surface area contributed by atoms with Crippen molar-refractivity contribution in [1.82, 2.24) is 39.9 Å². The van der Waals surface area contributed by atoms with Crippen molar-refractivity contribution in [3.05, 3.63) is 397 Å². The third-order valence-corrected chi connectivity index (χ3v) is 20.6. The summed E-state index contributed by atoms with van der Waals surface area (Å²) in [5.74, 6) is 3.85. The van der Waals surface area contributed by atoms with Gasteiger partial charge in [-0.05, 0) is 112 Å². The van der Waals surface area contributed by atoms with Gasteiger partial charge in [0.1, 0.15) is 46.3 Å². The molecule has 12 nitrogen and oxygen atoms in total. The molecule has 4 heterocycles. The van der Waals surface area contributed by atoms with Gasteiger partial charge in [0.25, 0.3) is 0 Å². The molecule has 4 aromatic heterocycles. The summed E-state index contributed by atoms with van der Waals surface area (Å²) in [4.78, 5) is 33.4. The predicted octanol–water partition coefficient (Wildman–Crippen LogP) is 26.5. The molecule has 19 rings (SSSR count). The van der Waals surface area contributed by atoms with Crippen molar-refractivity contribution in [2.75, 3.05) is 0 Å². The second-order valence-corrected chi connectivity index (χ2v) is 28.7. The fraction of sp³-hybridized carbons (Fsp3) is 0. The second kappa shape index (κ2) is 34.2. The number of halogens is 2. The van der Waals surface area contributed by atoms with Crippen LogP contribution >= 0.6 is 31.9 Å². The lowest BCUT2D eigenvalue weighted by Crippen LogP contribution is -1.85. The molecule has 0 spiro atoms. The fourth-order valence-corrected chi connectivity index (χ4v) is 14.4. The van der Waals surface area contributed by atoms with E-state index in [0.717, 1.165) is 139 Å². The highest BCUT2D eigenvalue weighted by atomic mass is 79.9. The van der Waals surface area contributed by atoms with E-state index in [1.54, 1.807) is 48.5 Å². The molecule has 0 saturated carbocycles. The van der Waals surface area contributed by atoms with E-state index in [2.05, 4.69) is 216 Å². The van der Waals surface area contributed by atoms with Crippen molar-refractivity contribution in [1.29, 1.82) is 0 Å². The van der Waals surface area contributed by atoms with Gasteiger partial charge in [-0.25, -0.2) is 19.9 Å². The molecule has 0 radical (unpaired) electrons. The summed E-state index contributed by atoms with van der Waals surface area (Å²) in [6.07, 6.45) is 0. The third kappa shape index (κ3) is 17.0. The molecule has 114 heavy (non-hydrogen) atoms. The molecule has 15 aromatic carbocycles. The minimum absolute atomic E-state index is 0.214. The van der Waals surface area contributed by atoms with Crippen molar-refractivity contribution >= 4 is 42.6 Å². The first-order valence-electron chi connectivity index (χ1n) is 37.0. The van der Waals surface area contributed by atoms with E-state index in [0.29, 0.717) is 5.82 Å². The third-order valence-electron chi connectivity index (χ3n) is 19.3. The number of rotatable bonds is 14. The fourth-order valence-electron chi connectivity index (χ4n) is 13.7. The molecule has 0 fully saturated rings. The van der Waals surface area contributed by atoms with E-state index < -0.39 is 0 Å². The van der Waals surface area contributed by atoms with Gasteiger partial charge in [-0.3, -0.25) is 0 Å². The van der Waals surface area contributed by atoms with Crippen LogP contribution in [0.3, 0.4) is 0 Å². The molecule has 0 atom stereocenters. The van der Waals surface area contributed by atoms with E-state index in [1.807, 2.05) is 176 Å². The Morgan fingerprint density at radius 3 is 0.904 bits per heavy atom. The normalized spacial score (nSPS) is 10.9. The van der Waals surface area contributed by atoms with Crippen LogP contribution in [0.1, 0.15) is 0 Å². The maximum atomic E-state index is 9.88. The average molecular weight is 1610 g/mol. The lowest BCUT2D eigenvalue weighted by Gasteiger charge is -2.07. The van der Waals surface area contributed by atoms with E-state index in [4.69, 9.17) is 19.9 Å². The lowest BCUT2D eigenvalue weighted by atomic mass is 9.99. The predicted molar refractivity (Wildman–Crippen MR) is 470 cm³/mol. The molecule has 0 bridgehead atoms. The van der Waals surface area contributed by atoms with Crippen molar-refractivity contribution < 1.29 is 20.4 Å². The minimum Gasteiger partial charge on any atom is -0.508 e. The Hall–Kier alpha value is -14.4. The molecule has 0 aliphatic carbocycles. The van der Waals surface area contributed by atoms with E-state index in [9.17, 15) is 20.4 Å². The maximum absolute atomic E-state index is 9.88. The number of hydrogen-bond donors (Lipinski definition) is 8. The van der Waals surface area contributed by atoms with Crippen LogP contribution in [-0.2, 0) is 0 Å². The van der Waals surface area contributed by atoms with Gasteiger partial charge in [0.15, 0.2) is 0 Å². The second-order valence-electron chi connectivity index (χ2n) is 26.9. The summed E-state index contributed by atoms with van der Waals surface area (Å²) in [5, 5.41) is 41.5. The van der Waals surface area contributed by atoms with Crippen LogP contribution < -0.4 is 0 Å². The number of nitrogens with zero attached hydrogens (tertiary/aromatic N) is 4. The van der Waals surface area contributed by atoms with Gasteiger partial charge in [-0.1, -0.05) is 341 Å². The van der Waals surface area contributed by atoms with E-state index in [1.165, 1.54) is 33.0 Å². The number of aromatic nitrogens is 8. The standard InChI is InChI=1S/2C27H20N2O.C25H18N2O.C21H14Br2N2O/c30-24-13-7-12-23(18-24)27-28-25(21-10-5-2-6-11-21)26(29-27)22-16-14-20(15-17-22)19-8-3-1-4-9-19;30-24-17-15-23(16-18-24)27-28-25(21-9-5-2-6-10-21)26(29-27)22-13-11-20(12-14-22)19-7-3-1-4-8-19;28-20-13-6-12-19(16-20)25-26-23(18-9-2-1-3-10-18)24(27-25)22-15-7-11-17-8-4-5-14-21(17)22;22-15-10-8-13(9-11-15)19-20(17-6-1-2-7-18(17)23)25-21(24-19)14-4-3-5-16(26)12-14/h2*1-18,30H,(H,28,29);1-16,28H,(H,26,27);1-12,26H,(H,24,25). The van der Waals surface area contributed by atoms with Crippen molar-refractivity contribution in [3.8, 4) is 181 Å². The molecular weight excluding hydrogens is 1540 g/mol. The van der Waals surface area contributed by atoms with Crippen LogP contribution in [0, 0.1) is 0 Å². The lowest BCUT2D eigenvalue weighted by molar-refractivity contribution is 0.475. The minimum atomic E-state index is 0.214. The Morgan fingerprint density at radius 1 is 0.202 bits per heavy atom. The topological polar surface area (TPSA) is 196 Å². The Bertz CT molecular complexity index is 6450. The van der Waals surface area contributed by atoms with Gasteiger partial charge in [-0.15, -0.1) is 0 Å². The highest BCUT2D eigenvalue weighted by Gasteiger charge is 2.22. The molecular formula is C100H72Br2N8O4. The monoisotopic (exact) mass is 1610 g/mol. The molecule has 0 unspecified atom stereocenters. The quantitative estimate of drug-likeness (QED) is 0.0526. The van der Waals surface area contributed by atoms with Gasteiger partial charge in [0, 0.05) is 75.7 Å². The molecule has 14 heteroatoms. The van der Waals surface area contributed by atoms with Crippen LogP contribution in [0.25, 0.3) is 169 Å². The first kappa shape index (κ1) is 73.7. The first-order chi connectivity index (χ1) is 56.0. The SMILES string of the molecule is Oc1ccc(-c2nc(-c3ccccc3)c(-c3ccc(-c4ccccc4)cc3)[nH]2)cc1.Oc1cccc(-c2nc(-c3ccc(Br)cc3)c(-c3ccccc3Br)[nH]2)c1.Oc1cccc(-c2nc(-c3ccccc3)c(-c3ccc(-c4ccccc4)cc3)[nH]2)c1.Oc1cccc(-c2nc(-c3ccccc3)c(-c3cccc4ccccc34)[nH]2)c1. The number of imidazole rings is 4. The van der Waals surface area contributed by atoms with E-state index >= 15 is 0 Å². The highest BCUT2D eigenvalue weighted by molar-refractivity contribution is 9.10. The van der Waals surface area contributed by atoms with Crippen LogP contribution in [0.4, 0.5) is 0 Å². The summed E-state index contributed by atoms with van der Waals surface area (Å²) in [7, 11) is 0. The summed E-state index contributed by atoms with van der Waals surface area (Å²) in [5.41, 5.74) is 24.0. The Kier molecular flexibility index (Phi) is 22.1. The van der Waals surface area contributed by atoms with E-state index in [-0.39, 0.29) is 23.0 Å². The van der Waals surface area contributed by atoms with Gasteiger partial charge >= 0.3 is 0 Å². The summed E-state index contributed by atoms with van der Waals surface area (Å²) >= 11 is 7.11. The summed E-state index contributed by atoms with van der Waals surface area (Å²) < 4.78 is 2.01. The smallest absolute Gasteiger partial charge is 0.138 e. The number of hydrogen-bond acceptors (Lipinski definition) is 8. The molecule has 19 aromatic rings. The Balaban J connectivity index is 0.000000115. The molecule has 0 amide bonds. The van der Waals surface area contributed by atoms with Crippen LogP contribution in [0.5, 0.6) is 23.0 Å². The van der Waals surface area contributed by atoms with Crippen molar-refractivity contribution in [2.24, 2.45) is 0 Å².